The zero-order valence-electron chi connectivity index (χ0n) is 10.5. The van der Waals surface area contributed by atoms with Crippen molar-refractivity contribution >= 4 is 11.3 Å². The molecular formula is C14H23NS. The number of hydrogen-bond acceptors (Lipinski definition) is 2. The van der Waals surface area contributed by atoms with Gasteiger partial charge in [0, 0.05) is 6.04 Å². The summed E-state index contributed by atoms with van der Waals surface area (Å²) >= 11 is 1.80. The lowest BCUT2D eigenvalue weighted by atomic mass is 9.75. The van der Waals surface area contributed by atoms with E-state index in [-0.39, 0.29) is 0 Å². The molecule has 1 fully saturated rings. The molecule has 1 aromatic heterocycles. The Hall–Kier alpha value is -0.340. The molecule has 90 valence electrons. The fourth-order valence-corrected chi connectivity index (χ4v) is 3.16. The Morgan fingerprint density at radius 3 is 2.75 bits per heavy atom. The summed E-state index contributed by atoms with van der Waals surface area (Å²) in [7, 11) is 0. The van der Waals surface area contributed by atoms with Gasteiger partial charge in [0.2, 0.25) is 0 Å². The Morgan fingerprint density at radius 2 is 2.12 bits per heavy atom. The van der Waals surface area contributed by atoms with Crippen molar-refractivity contribution in [2.24, 2.45) is 5.41 Å². The fourth-order valence-electron chi connectivity index (χ4n) is 2.46. The van der Waals surface area contributed by atoms with Crippen molar-refractivity contribution in [3.05, 3.63) is 22.4 Å². The van der Waals surface area contributed by atoms with Gasteiger partial charge in [0.1, 0.15) is 0 Å². The Bertz CT molecular complexity index is 293. The van der Waals surface area contributed by atoms with E-state index in [1.165, 1.54) is 37.7 Å². The normalized spacial score (nSPS) is 21.1. The van der Waals surface area contributed by atoms with Crippen molar-refractivity contribution in [1.82, 2.24) is 5.32 Å². The van der Waals surface area contributed by atoms with Gasteiger partial charge < -0.3 is 5.32 Å². The largest absolute Gasteiger partial charge is 0.314 e. The zero-order chi connectivity index (χ0) is 11.4. The number of thiophene rings is 1. The Morgan fingerprint density at radius 1 is 1.38 bits per heavy atom. The first-order valence-corrected chi connectivity index (χ1v) is 7.34. The van der Waals surface area contributed by atoms with Gasteiger partial charge in [-0.2, -0.15) is 11.3 Å². The molecule has 0 bridgehead atoms. The molecule has 0 aromatic carbocycles. The van der Waals surface area contributed by atoms with Gasteiger partial charge in [-0.05, 0) is 66.5 Å². The highest BCUT2D eigenvalue weighted by atomic mass is 32.1. The topological polar surface area (TPSA) is 12.0 Å². The average molecular weight is 237 g/mol. The molecule has 0 atom stereocenters. The minimum Gasteiger partial charge on any atom is -0.314 e. The lowest BCUT2D eigenvalue weighted by molar-refractivity contribution is 0.207. The van der Waals surface area contributed by atoms with Gasteiger partial charge in [0.15, 0.2) is 0 Å². The van der Waals surface area contributed by atoms with E-state index in [9.17, 15) is 0 Å². The molecule has 1 aliphatic rings. The first-order chi connectivity index (χ1) is 7.66. The van der Waals surface area contributed by atoms with Crippen molar-refractivity contribution in [2.45, 2.75) is 52.0 Å². The van der Waals surface area contributed by atoms with Gasteiger partial charge in [0.25, 0.3) is 0 Å². The van der Waals surface area contributed by atoms with E-state index in [1.807, 2.05) is 0 Å². The summed E-state index contributed by atoms with van der Waals surface area (Å²) in [6, 6.07) is 3.00. The third-order valence-electron chi connectivity index (χ3n) is 3.77. The maximum Gasteiger partial charge on any atom is 0.00675 e. The second-order valence-electron chi connectivity index (χ2n) is 5.77. The third-order valence-corrected chi connectivity index (χ3v) is 4.50. The molecule has 0 spiro atoms. The van der Waals surface area contributed by atoms with E-state index in [1.54, 1.807) is 11.3 Å². The SMILES string of the molecule is CC1(C)CCC(NCCc2ccsc2)CC1. The Balaban J connectivity index is 1.64. The lowest BCUT2D eigenvalue weighted by Gasteiger charge is -2.34. The number of nitrogens with one attached hydrogen (secondary N) is 1. The summed E-state index contributed by atoms with van der Waals surface area (Å²) in [4.78, 5) is 0. The van der Waals surface area contributed by atoms with E-state index in [2.05, 4.69) is 36.0 Å². The first kappa shape index (κ1) is 12.1. The van der Waals surface area contributed by atoms with Crippen LogP contribution in [0.5, 0.6) is 0 Å². The van der Waals surface area contributed by atoms with Crippen molar-refractivity contribution in [1.29, 1.82) is 0 Å². The van der Waals surface area contributed by atoms with E-state index in [0.29, 0.717) is 5.41 Å². The maximum atomic E-state index is 3.70. The summed E-state index contributed by atoms with van der Waals surface area (Å²) in [6.07, 6.45) is 6.66. The smallest absolute Gasteiger partial charge is 0.00675 e. The Kier molecular flexibility index (Phi) is 4.04. The fraction of sp³-hybridized carbons (Fsp3) is 0.714. The summed E-state index contributed by atoms with van der Waals surface area (Å²) in [5.41, 5.74) is 2.07. The van der Waals surface area contributed by atoms with E-state index < -0.39 is 0 Å². The van der Waals surface area contributed by atoms with Crippen LogP contribution < -0.4 is 5.32 Å². The Labute approximate surface area is 103 Å². The number of hydrogen-bond donors (Lipinski definition) is 1. The molecule has 0 unspecified atom stereocenters. The van der Waals surface area contributed by atoms with Gasteiger partial charge in [-0.15, -0.1) is 0 Å². The minimum atomic E-state index is 0.589. The van der Waals surface area contributed by atoms with E-state index in [4.69, 9.17) is 0 Å². The molecule has 0 radical (unpaired) electrons. The van der Waals surface area contributed by atoms with Gasteiger partial charge in [-0.3, -0.25) is 0 Å². The van der Waals surface area contributed by atoms with Gasteiger partial charge in [0.05, 0.1) is 0 Å². The minimum absolute atomic E-state index is 0.589. The van der Waals surface area contributed by atoms with Crippen LogP contribution in [0.15, 0.2) is 16.8 Å². The molecule has 2 heteroatoms. The van der Waals surface area contributed by atoms with Crippen LogP contribution in [-0.4, -0.2) is 12.6 Å². The van der Waals surface area contributed by atoms with E-state index >= 15 is 0 Å². The monoisotopic (exact) mass is 237 g/mol. The molecule has 1 nitrogen and oxygen atoms in total. The van der Waals surface area contributed by atoms with Gasteiger partial charge in [-0.25, -0.2) is 0 Å². The highest BCUT2D eigenvalue weighted by Crippen LogP contribution is 2.34. The van der Waals surface area contributed by atoms with Crippen LogP contribution in [-0.2, 0) is 6.42 Å². The van der Waals surface area contributed by atoms with Crippen molar-refractivity contribution in [2.75, 3.05) is 6.54 Å². The second-order valence-corrected chi connectivity index (χ2v) is 6.55. The highest BCUT2D eigenvalue weighted by molar-refractivity contribution is 7.07. The molecule has 1 aromatic rings. The van der Waals surface area contributed by atoms with E-state index in [0.717, 1.165) is 12.6 Å². The molecule has 0 aliphatic heterocycles. The molecule has 16 heavy (non-hydrogen) atoms. The van der Waals surface area contributed by atoms with Crippen LogP contribution in [0.4, 0.5) is 0 Å². The summed E-state index contributed by atoms with van der Waals surface area (Å²) in [6.45, 7) is 5.94. The average Bonchev–Trinajstić information content (AvgIpc) is 2.73. The standard InChI is InChI=1S/C14H23NS/c1-14(2)7-3-13(4-8-14)15-9-5-12-6-10-16-11-12/h6,10-11,13,15H,3-5,7-9H2,1-2H3. The predicted octanol–water partition coefficient (Wildman–Crippen LogP) is 3.85. The quantitative estimate of drug-likeness (QED) is 0.839. The molecule has 0 saturated heterocycles. The second kappa shape index (κ2) is 5.33. The molecule has 1 heterocycles. The molecule has 0 amide bonds. The first-order valence-electron chi connectivity index (χ1n) is 6.40. The lowest BCUT2D eigenvalue weighted by Crippen LogP contribution is -2.36. The van der Waals surface area contributed by atoms with Gasteiger partial charge >= 0.3 is 0 Å². The highest BCUT2D eigenvalue weighted by Gasteiger charge is 2.26. The maximum absolute atomic E-state index is 3.70. The van der Waals surface area contributed by atoms with Gasteiger partial charge in [-0.1, -0.05) is 13.8 Å². The van der Waals surface area contributed by atoms with Crippen LogP contribution in [0, 0.1) is 5.41 Å². The molecule has 2 rings (SSSR count). The molecular weight excluding hydrogens is 214 g/mol. The summed E-state index contributed by atoms with van der Waals surface area (Å²) < 4.78 is 0. The third kappa shape index (κ3) is 3.60. The van der Waals surface area contributed by atoms with Crippen LogP contribution in [0.25, 0.3) is 0 Å². The van der Waals surface area contributed by atoms with Crippen LogP contribution in [0.1, 0.15) is 45.1 Å². The zero-order valence-corrected chi connectivity index (χ0v) is 11.3. The van der Waals surface area contributed by atoms with Crippen LogP contribution in [0.3, 0.4) is 0 Å². The molecule has 1 aliphatic carbocycles. The van der Waals surface area contributed by atoms with Crippen LogP contribution >= 0.6 is 11.3 Å². The summed E-state index contributed by atoms with van der Waals surface area (Å²) in [5, 5.41) is 8.12. The molecule has 1 N–H and O–H groups in total. The van der Waals surface area contributed by atoms with Crippen molar-refractivity contribution in [3.63, 3.8) is 0 Å². The van der Waals surface area contributed by atoms with Crippen molar-refractivity contribution in [3.8, 4) is 0 Å². The number of rotatable bonds is 4. The predicted molar refractivity (Wildman–Crippen MR) is 72.1 cm³/mol. The van der Waals surface area contributed by atoms with Crippen molar-refractivity contribution < 1.29 is 0 Å². The van der Waals surface area contributed by atoms with Crippen LogP contribution in [0.2, 0.25) is 0 Å². The summed E-state index contributed by atoms with van der Waals surface area (Å²) in [5.74, 6) is 0. The molecule has 1 saturated carbocycles.